The second-order valence-electron chi connectivity index (χ2n) is 3.26. The molecule has 0 fully saturated rings. The third-order valence-electron chi connectivity index (χ3n) is 1.92. The van der Waals surface area contributed by atoms with E-state index in [0.717, 1.165) is 19.3 Å². The highest BCUT2D eigenvalue weighted by Gasteiger charge is 2.02. The van der Waals surface area contributed by atoms with Crippen LogP contribution in [0.1, 0.15) is 39.5 Å². The van der Waals surface area contributed by atoms with Gasteiger partial charge < -0.3 is 4.74 Å². The molecule has 1 N–H and O–H groups in total. The van der Waals surface area contributed by atoms with E-state index in [1.54, 1.807) is 6.92 Å². The molecule has 90 valence electrons. The monoisotopic (exact) mass is 225 g/mol. The number of hydrogen-bond acceptors (Lipinski definition) is 4. The lowest BCUT2D eigenvalue weighted by Gasteiger charge is -2.03. The average Bonchev–Trinajstić information content (AvgIpc) is 2.26. The van der Waals surface area contributed by atoms with Gasteiger partial charge >= 0.3 is 5.97 Å². The molecule has 0 amide bonds. The van der Waals surface area contributed by atoms with Crippen LogP contribution < -0.4 is 5.32 Å². The van der Waals surface area contributed by atoms with Crippen molar-refractivity contribution >= 4 is 11.8 Å². The Bertz CT molecular complexity index is 269. The fourth-order valence-corrected chi connectivity index (χ4v) is 1.15. The lowest BCUT2D eigenvalue weighted by Crippen LogP contribution is -2.20. The summed E-state index contributed by atoms with van der Waals surface area (Å²) in [5.41, 5.74) is 0. The third-order valence-corrected chi connectivity index (χ3v) is 1.92. The molecule has 16 heavy (non-hydrogen) atoms. The Morgan fingerprint density at radius 2 is 2.19 bits per heavy atom. The van der Waals surface area contributed by atoms with Gasteiger partial charge in [0.1, 0.15) is 12.4 Å². The summed E-state index contributed by atoms with van der Waals surface area (Å²) in [6.45, 7) is 4.18. The summed E-state index contributed by atoms with van der Waals surface area (Å²) in [7, 11) is 0. The van der Waals surface area contributed by atoms with Crippen LogP contribution in [0.3, 0.4) is 0 Å². The van der Waals surface area contributed by atoms with Crippen molar-refractivity contribution in [1.82, 2.24) is 5.32 Å². The molecule has 5 heteroatoms. The molecule has 0 heterocycles. The normalized spacial score (nSPS) is 10.7. The number of nitrogens with zero attached hydrogens (tertiary/aromatic N) is 2. The van der Waals surface area contributed by atoms with Crippen LogP contribution in [0.15, 0.2) is 4.99 Å². The minimum absolute atomic E-state index is 0.0238. The van der Waals surface area contributed by atoms with E-state index in [9.17, 15) is 4.79 Å². The van der Waals surface area contributed by atoms with Crippen molar-refractivity contribution in [1.29, 1.82) is 5.26 Å². The van der Waals surface area contributed by atoms with Crippen LogP contribution in [0.25, 0.3) is 0 Å². The molecule has 0 aliphatic rings. The van der Waals surface area contributed by atoms with Gasteiger partial charge in [0.05, 0.1) is 6.61 Å². The molecule has 0 aliphatic heterocycles. The smallest absolute Gasteiger partial charge is 0.327 e. The maximum atomic E-state index is 11.0. The van der Waals surface area contributed by atoms with Crippen molar-refractivity contribution < 1.29 is 9.53 Å². The van der Waals surface area contributed by atoms with E-state index in [2.05, 4.69) is 17.2 Å². The molecule has 0 unspecified atom stereocenters. The number of rotatable bonds is 7. The minimum atomic E-state index is -0.366. The maximum absolute atomic E-state index is 11.0. The van der Waals surface area contributed by atoms with E-state index in [1.807, 2.05) is 6.19 Å². The molecule has 0 saturated heterocycles. The van der Waals surface area contributed by atoms with Crippen LogP contribution in [0.5, 0.6) is 0 Å². The summed E-state index contributed by atoms with van der Waals surface area (Å²) in [6.07, 6.45) is 5.68. The van der Waals surface area contributed by atoms with Gasteiger partial charge in [0.2, 0.25) is 0 Å². The Balaban J connectivity index is 4.03. The van der Waals surface area contributed by atoms with E-state index in [4.69, 9.17) is 10.00 Å². The first kappa shape index (κ1) is 14.4. The van der Waals surface area contributed by atoms with E-state index >= 15 is 0 Å². The van der Waals surface area contributed by atoms with Gasteiger partial charge in [0.25, 0.3) is 0 Å². The first-order valence-corrected chi connectivity index (χ1v) is 5.58. The summed E-state index contributed by atoms with van der Waals surface area (Å²) >= 11 is 0. The van der Waals surface area contributed by atoms with Crippen LogP contribution >= 0.6 is 0 Å². The Morgan fingerprint density at radius 1 is 1.44 bits per heavy atom. The van der Waals surface area contributed by atoms with Crippen LogP contribution in [0.2, 0.25) is 0 Å². The Morgan fingerprint density at radius 3 is 2.75 bits per heavy atom. The van der Waals surface area contributed by atoms with Crippen LogP contribution in [0.4, 0.5) is 0 Å². The number of nitriles is 1. The Kier molecular flexibility index (Phi) is 8.99. The number of hydrogen-bond donors (Lipinski definition) is 1. The molecule has 0 bridgehead atoms. The molecule has 5 nitrogen and oxygen atoms in total. The highest BCUT2D eigenvalue weighted by Crippen LogP contribution is 1.99. The summed E-state index contributed by atoms with van der Waals surface area (Å²) in [6, 6.07) is 0. The highest BCUT2D eigenvalue weighted by atomic mass is 16.5. The lowest BCUT2D eigenvalue weighted by molar-refractivity contribution is -0.141. The number of esters is 1. The van der Waals surface area contributed by atoms with Crippen molar-refractivity contribution in [3.05, 3.63) is 0 Å². The van der Waals surface area contributed by atoms with Gasteiger partial charge in [-0.05, 0) is 13.3 Å². The van der Waals surface area contributed by atoms with E-state index in [1.165, 1.54) is 0 Å². The highest BCUT2D eigenvalue weighted by molar-refractivity contribution is 5.85. The summed E-state index contributed by atoms with van der Waals surface area (Å²) in [4.78, 5) is 15.1. The first-order chi connectivity index (χ1) is 7.74. The number of ether oxygens (including phenoxy) is 1. The number of unbranched alkanes of at least 4 members (excludes halogenated alkanes) is 2. The molecule has 0 aromatic rings. The number of carbonyl (C=O) groups is 1. The Labute approximate surface area is 96.5 Å². The fraction of sp³-hybridized carbons (Fsp3) is 0.727. The molecule has 0 radical (unpaired) electrons. The molecular formula is C11H19N3O2. The van der Waals surface area contributed by atoms with E-state index in [-0.39, 0.29) is 12.5 Å². The zero-order chi connectivity index (χ0) is 12.2. The third kappa shape index (κ3) is 7.80. The second kappa shape index (κ2) is 9.97. The van der Waals surface area contributed by atoms with Crippen LogP contribution in [0, 0.1) is 11.5 Å². The summed E-state index contributed by atoms with van der Waals surface area (Å²) in [5, 5.41) is 11.0. The van der Waals surface area contributed by atoms with Gasteiger partial charge in [-0.25, -0.2) is 0 Å². The number of nitrogens with one attached hydrogen (secondary N) is 1. The van der Waals surface area contributed by atoms with Crippen molar-refractivity contribution in [3.8, 4) is 6.19 Å². The fourth-order valence-electron chi connectivity index (χ4n) is 1.15. The summed E-state index contributed by atoms with van der Waals surface area (Å²) < 4.78 is 4.74. The van der Waals surface area contributed by atoms with Gasteiger partial charge in [-0.3, -0.25) is 15.1 Å². The zero-order valence-corrected chi connectivity index (χ0v) is 9.95. The van der Waals surface area contributed by atoms with E-state index < -0.39 is 0 Å². The minimum Gasteiger partial charge on any atom is -0.465 e. The van der Waals surface area contributed by atoms with Gasteiger partial charge in [-0.1, -0.05) is 19.8 Å². The van der Waals surface area contributed by atoms with Gasteiger partial charge in [-0.15, -0.1) is 0 Å². The number of aliphatic imine (C=N–C) groups is 1. The number of amidine groups is 1. The zero-order valence-electron chi connectivity index (χ0n) is 9.95. The topological polar surface area (TPSA) is 74.5 Å². The van der Waals surface area contributed by atoms with Gasteiger partial charge in [-0.2, -0.15) is 5.26 Å². The molecule has 0 saturated carbocycles. The first-order valence-electron chi connectivity index (χ1n) is 5.58. The van der Waals surface area contributed by atoms with Crippen molar-refractivity contribution in [2.24, 2.45) is 4.99 Å². The maximum Gasteiger partial charge on any atom is 0.327 e. The summed E-state index contributed by atoms with van der Waals surface area (Å²) in [5.74, 6) is 0.194. The quantitative estimate of drug-likeness (QED) is 0.178. The van der Waals surface area contributed by atoms with Crippen LogP contribution in [-0.2, 0) is 9.53 Å². The molecular weight excluding hydrogens is 206 g/mol. The SMILES string of the molecule is CCCCCC(=NCC(=O)OCC)NC#N. The Hall–Kier alpha value is -1.57. The van der Waals surface area contributed by atoms with E-state index in [0.29, 0.717) is 18.9 Å². The lowest BCUT2D eigenvalue weighted by atomic mass is 10.2. The molecule has 0 atom stereocenters. The van der Waals surface area contributed by atoms with Crippen molar-refractivity contribution in [3.63, 3.8) is 0 Å². The standard InChI is InChI=1S/C11H19N3O2/c1-3-5-6-7-10(14-9-12)13-8-11(15)16-4-2/h3-8H2,1-2H3,(H,13,14). The van der Waals surface area contributed by atoms with Crippen molar-refractivity contribution in [2.45, 2.75) is 39.5 Å². The predicted molar refractivity (Wildman–Crippen MR) is 61.8 cm³/mol. The van der Waals surface area contributed by atoms with Gasteiger partial charge in [0.15, 0.2) is 6.19 Å². The second-order valence-corrected chi connectivity index (χ2v) is 3.26. The molecule has 0 aromatic heterocycles. The predicted octanol–water partition coefficient (Wildman–Crippen LogP) is 1.60. The molecule has 0 aliphatic carbocycles. The largest absolute Gasteiger partial charge is 0.465 e. The average molecular weight is 225 g/mol. The molecule has 0 rings (SSSR count). The molecule has 0 aromatic carbocycles. The molecule has 0 spiro atoms. The van der Waals surface area contributed by atoms with Crippen molar-refractivity contribution in [2.75, 3.05) is 13.2 Å². The van der Waals surface area contributed by atoms with Crippen LogP contribution in [-0.4, -0.2) is 25.0 Å². The van der Waals surface area contributed by atoms with Gasteiger partial charge in [0, 0.05) is 6.42 Å². The number of carbonyl (C=O) groups excluding carboxylic acids is 1.